The number of hydrogen-bond donors (Lipinski definition) is 0. The van der Waals surface area contributed by atoms with Crippen molar-refractivity contribution >= 4 is 0 Å². The van der Waals surface area contributed by atoms with Gasteiger partial charge in [-0.2, -0.15) is 0 Å². The third kappa shape index (κ3) is 7.07. The minimum absolute atomic E-state index is 0.0585. The molecule has 2 aromatic carbocycles. The Labute approximate surface area is 211 Å². The van der Waals surface area contributed by atoms with Crippen LogP contribution < -0.4 is 4.74 Å². The first-order valence-corrected chi connectivity index (χ1v) is 13.2. The predicted molar refractivity (Wildman–Crippen MR) is 137 cm³/mol. The molecule has 2 saturated heterocycles. The lowest BCUT2D eigenvalue weighted by Gasteiger charge is -2.50. The van der Waals surface area contributed by atoms with Gasteiger partial charge in [0, 0.05) is 18.8 Å². The van der Waals surface area contributed by atoms with Crippen LogP contribution in [0.15, 0.2) is 54.6 Å². The van der Waals surface area contributed by atoms with E-state index in [9.17, 15) is 0 Å². The summed E-state index contributed by atoms with van der Waals surface area (Å²) in [5, 5.41) is 0. The van der Waals surface area contributed by atoms with E-state index in [0.717, 1.165) is 37.0 Å². The standard InChI is InChI=1S/C30H42O5/c1-22-14-16-30(34-28(22)21-33-19-25-8-6-5-7-9-25)17-15-23(2)29(35-30)24(3)18-32-20-26-10-12-27(31-4)13-11-26/h5-13,22-24,28-29H,14-21H2,1-4H3/t22-,23-,24+,28+,29-,30-/m1/s1. The van der Waals surface area contributed by atoms with Gasteiger partial charge < -0.3 is 23.7 Å². The van der Waals surface area contributed by atoms with Crippen LogP contribution in [0.25, 0.3) is 0 Å². The molecule has 35 heavy (non-hydrogen) atoms. The molecule has 0 unspecified atom stereocenters. The van der Waals surface area contributed by atoms with Gasteiger partial charge in [0.15, 0.2) is 5.79 Å². The van der Waals surface area contributed by atoms with Gasteiger partial charge in [0.05, 0.1) is 45.7 Å². The van der Waals surface area contributed by atoms with Crippen molar-refractivity contribution in [1.82, 2.24) is 0 Å². The number of hydrogen-bond acceptors (Lipinski definition) is 5. The molecule has 0 aromatic heterocycles. The van der Waals surface area contributed by atoms with E-state index in [-0.39, 0.29) is 18.1 Å². The Morgan fingerprint density at radius 3 is 2.23 bits per heavy atom. The van der Waals surface area contributed by atoms with E-state index < -0.39 is 5.79 Å². The number of rotatable bonds is 10. The molecular formula is C30H42O5. The van der Waals surface area contributed by atoms with Crippen molar-refractivity contribution in [2.75, 3.05) is 20.3 Å². The Hall–Kier alpha value is -1.92. The van der Waals surface area contributed by atoms with Crippen LogP contribution in [0.3, 0.4) is 0 Å². The lowest BCUT2D eigenvalue weighted by Crippen LogP contribution is -2.54. The van der Waals surface area contributed by atoms with Crippen LogP contribution in [0.2, 0.25) is 0 Å². The number of ether oxygens (including phenoxy) is 5. The van der Waals surface area contributed by atoms with E-state index in [4.69, 9.17) is 23.7 Å². The molecule has 5 heteroatoms. The van der Waals surface area contributed by atoms with Crippen LogP contribution >= 0.6 is 0 Å². The smallest absolute Gasteiger partial charge is 0.169 e. The number of benzene rings is 2. The Kier molecular flexibility index (Phi) is 9.23. The zero-order valence-corrected chi connectivity index (χ0v) is 21.8. The average Bonchev–Trinajstić information content (AvgIpc) is 2.89. The van der Waals surface area contributed by atoms with Gasteiger partial charge in [-0.1, -0.05) is 63.2 Å². The molecule has 0 saturated carbocycles. The van der Waals surface area contributed by atoms with Crippen molar-refractivity contribution in [1.29, 1.82) is 0 Å². The molecule has 4 rings (SSSR count). The van der Waals surface area contributed by atoms with Gasteiger partial charge in [-0.25, -0.2) is 0 Å². The highest BCUT2D eigenvalue weighted by atomic mass is 16.7. The highest BCUT2D eigenvalue weighted by Gasteiger charge is 2.47. The predicted octanol–water partition coefficient (Wildman–Crippen LogP) is 6.39. The maximum absolute atomic E-state index is 6.79. The number of methoxy groups -OCH3 is 1. The van der Waals surface area contributed by atoms with Gasteiger partial charge in [-0.05, 0) is 47.9 Å². The van der Waals surface area contributed by atoms with Gasteiger partial charge in [0.1, 0.15) is 5.75 Å². The molecule has 5 nitrogen and oxygen atoms in total. The molecule has 2 aliphatic rings. The van der Waals surface area contributed by atoms with E-state index in [0.29, 0.717) is 38.3 Å². The van der Waals surface area contributed by atoms with Crippen LogP contribution in [0.5, 0.6) is 5.75 Å². The molecule has 2 heterocycles. The molecule has 0 amide bonds. The third-order valence-electron chi connectivity index (χ3n) is 7.64. The molecule has 0 bridgehead atoms. The van der Waals surface area contributed by atoms with Crippen molar-refractivity contribution in [3.63, 3.8) is 0 Å². The summed E-state index contributed by atoms with van der Waals surface area (Å²) in [6.07, 6.45) is 4.29. The van der Waals surface area contributed by atoms with E-state index in [1.807, 2.05) is 30.3 Å². The molecule has 2 aromatic rings. The van der Waals surface area contributed by atoms with Gasteiger partial charge in [-0.3, -0.25) is 0 Å². The zero-order valence-electron chi connectivity index (χ0n) is 21.8. The second-order valence-electron chi connectivity index (χ2n) is 10.5. The summed E-state index contributed by atoms with van der Waals surface area (Å²) < 4.78 is 30.9. The lowest BCUT2D eigenvalue weighted by atomic mass is 9.81. The first kappa shape index (κ1) is 26.2. The van der Waals surface area contributed by atoms with E-state index in [2.05, 4.69) is 45.0 Å². The largest absolute Gasteiger partial charge is 0.497 e. The third-order valence-corrected chi connectivity index (χ3v) is 7.64. The Balaban J connectivity index is 1.28. The van der Waals surface area contributed by atoms with Gasteiger partial charge in [0.25, 0.3) is 0 Å². The minimum Gasteiger partial charge on any atom is -0.497 e. The molecule has 0 aliphatic carbocycles. The van der Waals surface area contributed by atoms with Crippen molar-refractivity contribution in [2.24, 2.45) is 17.8 Å². The first-order valence-electron chi connectivity index (χ1n) is 13.2. The Morgan fingerprint density at radius 2 is 1.51 bits per heavy atom. The summed E-state index contributed by atoms with van der Waals surface area (Å²) in [5.74, 6) is 1.60. The van der Waals surface area contributed by atoms with Gasteiger partial charge in [0.2, 0.25) is 0 Å². The van der Waals surface area contributed by atoms with Crippen molar-refractivity contribution < 1.29 is 23.7 Å². The monoisotopic (exact) mass is 482 g/mol. The first-order chi connectivity index (χ1) is 17.0. The summed E-state index contributed by atoms with van der Waals surface area (Å²) in [4.78, 5) is 0. The topological polar surface area (TPSA) is 46.2 Å². The molecule has 192 valence electrons. The average molecular weight is 483 g/mol. The highest BCUT2D eigenvalue weighted by Crippen LogP contribution is 2.44. The fourth-order valence-corrected chi connectivity index (χ4v) is 5.31. The van der Waals surface area contributed by atoms with Crippen molar-refractivity contribution in [2.45, 2.75) is 77.7 Å². The van der Waals surface area contributed by atoms with Crippen LogP contribution in [-0.2, 0) is 32.2 Å². The Morgan fingerprint density at radius 1 is 0.857 bits per heavy atom. The summed E-state index contributed by atoms with van der Waals surface area (Å²) in [5.41, 5.74) is 2.34. The second-order valence-corrected chi connectivity index (χ2v) is 10.5. The molecule has 1 spiro atoms. The fourth-order valence-electron chi connectivity index (χ4n) is 5.31. The molecule has 2 aliphatic heterocycles. The lowest BCUT2D eigenvalue weighted by molar-refractivity contribution is -0.342. The summed E-state index contributed by atoms with van der Waals surface area (Å²) in [6, 6.07) is 18.4. The SMILES string of the molecule is COc1ccc(COC[C@H](C)[C@@H]2O[C@@]3(CC[C@H]2C)CC[C@@H](C)[C@H](COCc2ccccc2)O3)cc1. The quantitative estimate of drug-likeness (QED) is 0.393. The molecule has 0 N–H and O–H groups in total. The Bertz CT molecular complexity index is 881. The van der Waals surface area contributed by atoms with Crippen molar-refractivity contribution in [3.05, 3.63) is 65.7 Å². The maximum Gasteiger partial charge on any atom is 0.169 e. The van der Waals surface area contributed by atoms with Crippen LogP contribution in [0.1, 0.15) is 57.6 Å². The highest BCUT2D eigenvalue weighted by molar-refractivity contribution is 5.26. The minimum atomic E-state index is -0.491. The zero-order chi connectivity index (χ0) is 24.7. The van der Waals surface area contributed by atoms with E-state index in [1.165, 1.54) is 5.56 Å². The van der Waals surface area contributed by atoms with Crippen LogP contribution in [0.4, 0.5) is 0 Å². The van der Waals surface area contributed by atoms with E-state index in [1.54, 1.807) is 7.11 Å². The summed E-state index contributed by atoms with van der Waals surface area (Å²) in [7, 11) is 1.68. The van der Waals surface area contributed by atoms with E-state index >= 15 is 0 Å². The summed E-state index contributed by atoms with van der Waals surface area (Å²) in [6.45, 7) is 9.27. The molecule has 0 radical (unpaired) electrons. The van der Waals surface area contributed by atoms with Gasteiger partial charge in [-0.15, -0.1) is 0 Å². The molecule has 2 fully saturated rings. The molecule has 6 atom stereocenters. The summed E-state index contributed by atoms with van der Waals surface area (Å²) >= 11 is 0. The van der Waals surface area contributed by atoms with Gasteiger partial charge >= 0.3 is 0 Å². The second kappa shape index (κ2) is 12.4. The maximum atomic E-state index is 6.79. The normalized spacial score (nSPS) is 29.7. The van der Waals surface area contributed by atoms with Crippen LogP contribution in [-0.4, -0.2) is 38.3 Å². The molecular weight excluding hydrogens is 440 g/mol. The van der Waals surface area contributed by atoms with Crippen molar-refractivity contribution in [3.8, 4) is 5.75 Å². The van der Waals surface area contributed by atoms with Crippen LogP contribution in [0, 0.1) is 17.8 Å². The fraction of sp³-hybridized carbons (Fsp3) is 0.600.